The van der Waals surface area contributed by atoms with Gasteiger partial charge in [-0.15, -0.1) is 0 Å². The van der Waals surface area contributed by atoms with Crippen LogP contribution in [0.15, 0.2) is 60.7 Å². The second-order valence-electron chi connectivity index (χ2n) is 5.47. The van der Waals surface area contributed by atoms with E-state index in [-0.39, 0.29) is 0 Å². The first-order chi connectivity index (χ1) is 10.3. The topological polar surface area (TPSA) is 9.23 Å². The van der Waals surface area contributed by atoms with Gasteiger partial charge in [0.25, 0.3) is 0 Å². The Bertz CT molecular complexity index is 983. The standard InChI is InChI=1S/C20H16O/c1-13-18-6-4-3-5-14(18)11-16-8-7-15-12-17(21-2)9-10-19(15)20(13)16/h3-12H,1-2H3. The average Bonchev–Trinajstić information content (AvgIpc) is 2.54. The van der Waals surface area contributed by atoms with Gasteiger partial charge < -0.3 is 4.74 Å². The normalized spacial score (nSPS) is 11.3. The number of ether oxygens (including phenoxy) is 1. The maximum absolute atomic E-state index is 5.33. The van der Waals surface area contributed by atoms with Gasteiger partial charge in [-0.25, -0.2) is 0 Å². The van der Waals surface area contributed by atoms with E-state index in [9.17, 15) is 0 Å². The predicted octanol–water partition coefficient (Wildman–Crippen LogP) is 5.46. The summed E-state index contributed by atoms with van der Waals surface area (Å²) < 4.78 is 5.33. The number of rotatable bonds is 1. The van der Waals surface area contributed by atoms with Crippen LogP contribution >= 0.6 is 0 Å². The monoisotopic (exact) mass is 272 g/mol. The molecule has 0 saturated carbocycles. The lowest BCUT2D eigenvalue weighted by Crippen LogP contribution is -1.87. The summed E-state index contributed by atoms with van der Waals surface area (Å²) >= 11 is 0. The molecule has 102 valence electrons. The zero-order chi connectivity index (χ0) is 14.4. The van der Waals surface area contributed by atoms with Crippen molar-refractivity contribution >= 4 is 32.3 Å². The van der Waals surface area contributed by atoms with E-state index in [4.69, 9.17) is 4.74 Å². The van der Waals surface area contributed by atoms with Crippen LogP contribution < -0.4 is 4.74 Å². The predicted molar refractivity (Wildman–Crippen MR) is 90.2 cm³/mol. The Balaban J connectivity index is 2.21. The molecule has 4 rings (SSSR count). The zero-order valence-electron chi connectivity index (χ0n) is 12.2. The molecule has 0 N–H and O–H groups in total. The molecule has 0 amide bonds. The third-order valence-corrected chi connectivity index (χ3v) is 4.31. The van der Waals surface area contributed by atoms with E-state index in [1.807, 2.05) is 6.07 Å². The maximum atomic E-state index is 5.33. The molecule has 0 spiro atoms. The molecular formula is C20H16O. The lowest BCUT2D eigenvalue weighted by Gasteiger charge is -2.11. The quantitative estimate of drug-likeness (QED) is 0.330. The second kappa shape index (κ2) is 4.49. The average molecular weight is 272 g/mol. The zero-order valence-corrected chi connectivity index (χ0v) is 12.2. The SMILES string of the molecule is COc1ccc2c(ccc3cc4ccccc4c(C)c32)c1. The van der Waals surface area contributed by atoms with Crippen molar-refractivity contribution in [2.45, 2.75) is 6.92 Å². The third kappa shape index (κ3) is 1.78. The molecule has 0 fully saturated rings. The molecule has 1 nitrogen and oxygen atoms in total. The van der Waals surface area contributed by atoms with Crippen molar-refractivity contribution in [3.8, 4) is 5.75 Å². The summed E-state index contributed by atoms with van der Waals surface area (Å²) in [5.41, 5.74) is 1.35. The second-order valence-corrected chi connectivity index (χ2v) is 5.47. The van der Waals surface area contributed by atoms with Gasteiger partial charge in [0.05, 0.1) is 7.11 Å². The Morgan fingerprint density at radius 3 is 2.33 bits per heavy atom. The third-order valence-electron chi connectivity index (χ3n) is 4.31. The number of hydrogen-bond donors (Lipinski definition) is 0. The highest BCUT2D eigenvalue weighted by atomic mass is 16.5. The van der Waals surface area contributed by atoms with E-state index >= 15 is 0 Å². The molecule has 0 saturated heterocycles. The van der Waals surface area contributed by atoms with Crippen LogP contribution in [0.5, 0.6) is 5.75 Å². The first kappa shape index (κ1) is 12.2. The Hall–Kier alpha value is -2.54. The Labute approximate surface area is 123 Å². The molecule has 1 heteroatoms. The van der Waals surface area contributed by atoms with Gasteiger partial charge in [-0.1, -0.05) is 42.5 Å². The fraction of sp³-hybridized carbons (Fsp3) is 0.100. The molecule has 0 aromatic heterocycles. The summed E-state index contributed by atoms with van der Waals surface area (Å²) in [6, 6.07) is 21.5. The van der Waals surface area contributed by atoms with Gasteiger partial charge in [-0.2, -0.15) is 0 Å². The van der Waals surface area contributed by atoms with Gasteiger partial charge in [0.15, 0.2) is 0 Å². The molecular weight excluding hydrogens is 256 g/mol. The molecule has 0 aliphatic rings. The smallest absolute Gasteiger partial charge is 0.119 e. The van der Waals surface area contributed by atoms with Crippen molar-refractivity contribution in [3.63, 3.8) is 0 Å². The van der Waals surface area contributed by atoms with Crippen LogP contribution in [0.4, 0.5) is 0 Å². The Morgan fingerprint density at radius 1 is 0.714 bits per heavy atom. The van der Waals surface area contributed by atoms with Crippen molar-refractivity contribution in [1.82, 2.24) is 0 Å². The summed E-state index contributed by atoms with van der Waals surface area (Å²) in [5.74, 6) is 0.903. The van der Waals surface area contributed by atoms with Crippen LogP contribution in [0, 0.1) is 6.92 Å². The van der Waals surface area contributed by atoms with Gasteiger partial charge in [0.1, 0.15) is 5.75 Å². The van der Waals surface area contributed by atoms with Crippen molar-refractivity contribution in [2.24, 2.45) is 0 Å². The Morgan fingerprint density at radius 2 is 1.48 bits per heavy atom. The van der Waals surface area contributed by atoms with E-state index in [2.05, 4.69) is 61.5 Å². The maximum Gasteiger partial charge on any atom is 0.119 e. The van der Waals surface area contributed by atoms with Crippen LogP contribution in [0.25, 0.3) is 32.3 Å². The van der Waals surface area contributed by atoms with Gasteiger partial charge in [-0.05, 0) is 63.0 Å². The summed E-state index contributed by atoms with van der Waals surface area (Å²) in [7, 11) is 1.71. The van der Waals surface area contributed by atoms with Gasteiger partial charge in [0, 0.05) is 0 Å². The van der Waals surface area contributed by atoms with Crippen LogP contribution in [0.3, 0.4) is 0 Å². The van der Waals surface area contributed by atoms with Crippen molar-refractivity contribution < 1.29 is 4.74 Å². The fourth-order valence-corrected chi connectivity index (χ4v) is 3.26. The molecule has 21 heavy (non-hydrogen) atoms. The summed E-state index contributed by atoms with van der Waals surface area (Å²) in [6.07, 6.45) is 0. The van der Waals surface area contributed by atoms with Crippen LogP contribution in [-0.4, -0.2) is 7.11 Å². The minimum Gasteiger partial charge on any atom is -0.497 e. The van der Waals surface area contributed by atoms with E-state index < -0.39 is 0 Å². The minimum atomic E-state index is 0.903. The Kier molecular flexibility index (Phi) is 2.61. The lowest BCUT2D eigenvalue weighted by atomic mass is 9.93. The van der Waals surface area contributed by atoms with Crippen LogP contribution in [0.2, 0.25) is 0 Å². The summed E-state index contributed by atoms with van der Waals surface area (Å²) in [5, 5.41) is 7.78. The molecule has 0 atom stereocenters. The van der Waals surface area contributed by atoms with E-state index in [0.717, 1.165) is 5.75 Å². The van der Waals surface area contributed by atoms with Crippen LogP contribution in [-0.2, 0) is 0 Å². The molecule has 0 aliphatic heterocycles. The number of fused-ring (bicyclic) bond motifs is 4. The first-order valence-corrected chi connectivity index (χ1v) is 7.17. The molecule has 0 aliphatic carbocycles. The van der Waals surface area contributed by atoms with Crippen LogP contribution in [0.1, 0.15) is 5.56 Å². The first-order valence-electron chi connectivity index (χ1n) is 7.17. The van der Waals surface area contributed by atoms with Gasteiger partial charge in [0.2, 0.25) is 0 Å². The molecule has 0 heterocycles. The largest absolute Gasteiger partial charge is 0.497 e. The fourth-order valence-electron chi connectivity index (χ4n) is 3.26. The molecule has 0 unspecified atom stereocenters. The molecule has 4 aromatic carbocycles. The summed E-state index contributed by atoms with van der Waals surface area (Å²) in [4.78, 5) is 0. The van der Waals surface area contributed by atoms with E-state index in [0.29, 0.717) is 0 Å². The number of hydrogen-bond acceptors (Lipinski definition) is 1. The highest BCUT2D eigenvalue weighted by molar-refractivity contribution is 6.14. The van der Waals surface area contributed by atoms with Gasteiger partial charge in [-0.3, -0.25) is 0 Å². The molecule has 4 aromatic rings. The minimum absolute atomic E-state index is 0.903. The highest BCUT2D eigenvalue weighted by Gasteiger charge is 2.08. The van der Waals surface area contributed by atoms with Crippen molar-refractivity contribution in [1.29, 1.82) is 0 Å². The number of benzene rings is 4. The van der Waals surface area contributed by atoms with Crippen molar-refractivity contribution in [3.05, 3.63) is 66.2 Å². The highest BCUT2D eigenvalue weighted by Crippen LogP contribution is 2.34. The molecule has 0 radical (unpaired) electrons. The molecule has 0 bridgehead atoms. The summed E-state index contributed by atoms with van der Waals surface area (Å²) in [6.45, 7) is 2.22. The van der Waals surface area contributed by atoms with E-state index in [1.165, 1.54) is 37.9 Å². The number of methoxy groups -OCH3 is 1. The van der Waals surface area contributed by atoms with Gasteiger partial charge >= 0.3 is 0 Å². The number of aryl methyl sites for hydroxylation is 1. The van der Waals surface area contributed by atoms with Crippen molar-refractivity contribution in [2.75, 3.05) is 7.11 Å². The lowest BCUT2D eigenvalue weighted by molar-refractivity contribution is 0.415. The van der Waals surface area contributed by atoms with E-state index in [1.54, 1.807) is 7.11 Å².